The van der Waals surface area contributed by atoms with Crippen molar-refractivity contribution in [2.75, 3.05) is 39.9 Å². The average molecular weight is 470 g/mol. The molecule has 2 aromatic carbocycles. The van der Waals surface area contributed by atoms with Crippen LogP contribution in [0.1, 0.15) is 23.6 Å². The van der Waals surface area contributed by atoms with Crippen LogP contribution in [0.2, 0.25) is 5.02 Å². The molecular weight excluding hydrogens is 443 g/mol. The molecule has 1 aliphatic heterocycles. The number of benzene rings is 2. The number of nitrogens with two attached hydrogens (primary N) is 1. The van der Waals surface area contributed by atoms with Gasteiger partial charge in [-0.05, 0) is 29.7 Å². The molecular formula is C23H27ClF3N3O2. The molecule has 5 nitrogen and oxygen atoms in total. The second kappa shape index (κ2) is 11.1. The van der Waals surface area contributed by atoms with Gasteiger partial charge in [-0.1, -0.05) is 29.8 Å². The molecule has 2 aromatic rings. The zero-order chi connectivity index (χ0) is 23.3. The van der Waals surface area contributed by atoms with Crippen LogP contribution < -0.4 is 5.73 Å². The molecule has 0 radical (unpaired) electrons. The number of morpholine rings is 1. The van der Waals surface area contributed by atoms with Gasteiger partial charge in [0, 0.05) is 50.2 Å². The van der Waals surface area contributed by atoms with Crippen LogP contribution in [-0.2, 0) is 16.0 Å². The van der Waals surface area contributed by atoms with Crippen LogP contribution in [0.5, 0.6) is 0 Å². The molecule has 32 heavy (non-hydrogen) atoms. The average Bonchev–Trinajstić information content (AvgIpc) is 2.76. The maximum Gasteiger partial charge on any atom is 0.223 e. The SMILES string of the molecule is CN(CC(c1ccccc1Cl)N1CCOCC1)C(=O)C[C@H](N)Cc1cc(F)c(F)cc1F. The van der Waals surface area contributed by atoms with Gasteiger partial charge in [0.1, 0.15) is 5.82 Å². The first kappa shape index (κ1) is 24.5. The highest BCUT2D eigenvalue weighted by Crippen LogP contribution is 2.29. The van der Waals surface area contributed by atoms with Crippen molar-refractivity contribution in [1.29, 1.82) is 0 Å². The van der Waals surface area contributed by atoms with E-state index in [9.17, 15) is 18.0 Å². The first-order valence-corrected chi connectivity index (χ1v) is 10.8. The lowest BCUT2D eigenvalue weighted by Crippen LogP contribution is -2.45. The Morgan fingerprint density at radius 1 is 1.16 bits per heavy atom. The summed E-state index contributed by atoms with van der Waals surface area (Å²) in [7, 11) is 1.68. The highest BCUT2D eigenvalue weighted by molar-refractivity contribution is 6.31. The summed E-state index contributed by atoms with van der Waals surface area (Å²) >= 11 is 6.44. The van der Waals surface area contributed by atoms with Crippen molar-refractivity contribution in [2.45, 2.75) is 24.9 Å². The van der Waals surface area contributed by atoms with Crippen LogP contribution in [0.15, 0.2) is 36.4 Å². The van der Waals surface area contributed by atoms with Gasteiger partial charge < -0.3 is 15.4 Å². The van der Waals surface area contributed by atoms with Gasteiger partial charge in [-0.2, -0.15) is 0 Å². The highest BCUT2D eigenvalue weighted by Gasteiger charge is 2.27. The Labute approximate surface area is 190 Å². The molecule has 1 unspecified atom stereocenters. The number of hydrogen-bond acceptors (Lipinski definition) is 4. The van der Waals surface area contributed by atoms with Gasteiger partial charge in [0.2, 0.25) is 5.91 Å². The molecule has 3 rings (SSSR count). The second-order valence-corrected chi connectivity index (χ2v) is 8.39. The van der Waals surface area contributed by atoms with E-state index in [1.807, 2.05) is 24.3 Å². The van der Waals surface area contributed by atoms with Gasteiger partial charge in [-0.15, -0.1) is 0 Å². The molecule has 9 heteroatoms. The molecule has 0 spiro atoms. The summed E-state index contributed by atoms with van der Waals surface area (Å²) in [5.74, 6) is -3.52. The van der Waals surface area contributed by atoms with Gasteiger partial charge in [-0.3, -0.25) is 9.69 Å². The molecule has 1 saturated heterocycles. The Kier molecular flexibility index (Phi) is 8.53. The van der Waals surface area contributed by atoms with Gasteiger partial charge >= 0.3 is 0 Å². The van der Waals surface area contributed by atoms with E-state index in [1.165, 1.54) is 0 Å². The molecule has 1 fully saturated rings. The maximum absolute atomic E-state index is 13.9. The van der Waals surface area contributed by atoms with Crippen LogP contribution in [0.4, 0.5) is 13.2 Å². The summed E-state index contributed by atoms with van der Waals surface area (Å²) in [6.45, 7) is 3.01. The normalized spacial score (nSPS) is 16.6. The highest BCUT2D eigenvalue weighted by atomic mass is 35.5. The zero-order valence-electron chi connectivity index (χ0n) is 17.9. The monoisotopic (exact) mass is 469 g/mol. The summed E-state index contributed by atoms with van der Waals surface area (Å²) in [6, 6.07) is 7.92. The van der Waals surface area contributed by atoms with Crippen molar-refractivity contribution in [1.82, 2.24) is 9.80 Å². The van der Waals surface area contributed by atoms with E-state index in [1.54, 1.807) is 11.9 Å². The van der Waals surface area contributed by atoms with E-state index in [0.717, 1.165) is 11.6 Å². The van der Waals surface area contributed by atoms with E-state index in [-0.39, 0.29) is 30.4 Å². The van der Waals surface area contributed by atoms with Crippen molar-refractivity contribution in [3.63, 3.8) is 0 Å². The van der Waals surface area contributed by atoms with Gasteiger partial charge in [0.25, 0.3) is 0 Å². The first-order chi connectivity index (χ1) is 15.3. The number of carbonyl (C=O) groups is 1. The van der Waals surface area contributed by atoms with E-state index in [4.69, 9.17) is 22.1 Å². The third kappa shape index (κ3) is 6.22. The topological polar surface area (TPSA) is 58.8 Å². The fraction of sp³-hybridized carbons (Fsp3) is 0.435. The predicted molar refractivity (Wildman–Crippen MR) is 117 cm³/mol. The summed E-state index contributed by atoms with van der Waals surface area (Å²) < 4.78 is 45.9. The van der Waals surface area contributed by atoms with E-state index in [2.05, 4.69) is 4.90 Å². The standard InChI is InChI=1S/C23H27ClF3N3O2/c1-29(23(31)12-16(28)10-15-11-20(26)21(27)13-19(15)25)14-22(30-6-8-32-9-7-30)17-4-2-3-5-18(17)24/h2-5,11,13,16,22H,6-10,12,14,28H2,1H3/t16-,22?/m1/s1. The van der Waals surface area contributed by atoms with Gasteiger partial charge in [0.15, 0.2) is 11.6 Å². The third-order valence-electron chi connectivity index (χ3n) is 5.63. The zero-order valence-corrected chi connectivity index (χ0v) is 18.6. The lowest BCUT2D eigenvalue weighted by Gasteiger charge is -2.37. The smallest absolute Gasteiger partial charge is 0.223 e. The molecule has 174 valence electrons. The van der Waals surface area contributed by atoms with Crippen molar-refractivity contribution < 1.29 is 22.7 Å². The number of ether oxygens (including phenoxy) is 1. The van der Waals surface area contributed by atoms with Crippen LogP contribution >= 0.6 is 11.6 Å². The molecule has 2 N–H and O–H groups in total. The Morgan fingerprint density at radius 3 is 2.50 bits per heavy atom. The van der Waals surface area contributed by atoms with Crippen LogP contribution in [0.25, 0.3) is 0 Å². The number of amides is 1. The van der Waals surface area contributed by atoms with E-state index >= 15 is 0 Å². The number of hydrogen-bond donors (Lipinski definition) is 1. The lowest BCUT2D eigenvalue weighted by molar-refractivity contribution is -0.131. The largest absolute Gasteiger partial charge is 0.379 e. The molecule has 2 atom stereocenters. The number of halogens is 4. The quantitative estimate of drug-likeness (QED) is 0.601. The summed E-state index contributed by atoms with van der Waals surface area (Å²) in [6.07, 6.45) is -0.146. The summed E-state index contributed by atoms with van der Waals surface area (Å²) in [5, 5.41) is 0.621. The molecule has 0 aromatic heterocycles. The minimum absolute atomic E-state index is 0.0610. The fourth-order valence-electron chi connectivity index (χ4n) is 3.86. The molecule has 1 amide bonds. The summed E-state index contributed by atoms with van der Waals surface area (Å²) in [5.41, 5.74) is 6.89. The third-order valence-corrected chi connectivity index (χ3v) is 5.98. The Balaban J connectivity index is 1.66. The fourth-order valence-corrected chi connectivity index (χ4v) is 4.12. The predicted octanol–water partition coefficient (Wildman–Crippen LogP) is 3.55. The van der Waals surface area contributed by atoms with E-state index in [0.29, 0.717) is 43.9 Å². The second-order valence-electron chi connectivity index (χ2n) is 7.99. The molecule has 1 aliphatic rings. The lowest BCUT2D eigenvalue weighted by atomic mass is 10.0. The van der Waals surface area contributed by atoms with Crippen molar-refractivity contribution in [3.8, 4) is 0 Å². The maximum atomic E-state index is 13.9. The minimum atomic E-state index is -1.26. The number of likely N-dealkylation sites (N-methyl/N-ethyl adjacent to an activating group) is 1. The van der Waals surface area contributed by atoms with Crippen molar-refractivity contribution >= 4 is 17.5 Å². The molecule has 0 saturated carbocycles. The van der Waals surface area contributed by atoms with Crippen LogP contribution in [0.3, 0.4) is 0 Å². The summed E-state index contributed by atoms with van der Waals surface area (Å²) in [4.78, 5) is 16.6. The number of nitrogens with zero attached hydrogens (tertiary/aromatic N) is 2. The Morgan fingerprint density at radius 2 is 1.81 bits per heavy atom. The van der Waals surface area contributed by atoms with Gasteiger partial charge in [-0.25, -0.2) is 13.2 Å². The van der Waals surface area contributed by atoms with Crippen molar-refractivity contribution in [2.24, 2.45) is 5.73 Å². The number of rotatable bonds is 8. The number of carbonyl (C=O) groups excluding carboxylic acids is 1. The van der Waals surface area contributed by atoms with Crippen LogP contribution in [0, 0.1) is 17.5 Å². The molecule has 0 aliphatic carbocycles. The Bertz CT molecular complexity index is 941. The molecule has 1 heterocycles. The first-order valence-electron chi connectivity index (χ1n) is 10.5. The van der Waals surface area contributed by atoms with Crippen molar-refractivity contribution in [3.05, 3.63) is 70.0 Å². The van der Waals surface area contributed by atoms with Crippen LogP contribution in [-0.4, -0.2) is 61.6 Å². The minimum Gasteiger partial charge on any atom is -0.379 e. The molecule has 0 bridgehead atoms. The van der Waals surface area contributed by atoms with E-state index < -0.39 is 23.5 Å². The Hall–Kier alpha value is -2.13. The van der Waals surface area contributed by atoms with Gasteiger partial charge in [0.05, 0.1) is 19.3 Å².